The van der Waals surface area contributed by atoms with Gasteiger partial charge in [-0.15, -0.1) is 0 Å². The molecule has 4 nitrogen and oxygen atoms in total. The molecule has 1 heterocycles. The molecule has 1 aromatic carbocycles. The van der Waals surface area contributed by atoms with Gasteiger partial charge in [0.2, 0.25) is 0 Å². The lowest BCUT2D eigenvalue weighted by Crippen LogP contribution is -2.21. The summed E-state index contributed by atoms with van der Waals surface area (Å²) in [6.07, 6.45) is 5.00. The molecule has 0 spiro atoms. The van der Waals surface area contributed by atoms with Crippen molar-refractivity contribution in [2.45, 2.75) is 23.2 Å². The van der Waals surface area contributed by atoms with Crippen LogP contribution in [0.15, 0.2) is 52.0 Å². The molecule has 1 aromatic heterocycles. The highest BCUT2D eigenvalue weighted by molar-refractivity contribution is 9.10. The molecule has 0 aliphatic heterocycles. The van der Waals surface area contributed by atoms with Gasteiger partial charge in [-0.3, -0.25) is 0 Å². The van der Waals surface area contributed by atoms with Crippen molar-refractivity contribution in [2.75, 3.05) is 18.1 Å². The number of sulfone groups is 1. The molecule has 1 aliphatic rings. The first-order valence-electron chi connectivity index (χ1n) is 7.06. The molecule has 0 radical (unpaired) electrons. The molecule has 22 heavy (non-hydrogen) atoms. The average molecular weight is 381 g/mol. The zero-order valence-corrected chi connectivity index (χ0v) is 14.6. The summed E-state index contributed by atoms with van der Waals surface area (Å²) in [5.74, 6) is 0.436. The summed E-state index contributed by atoms with van der Waals surface area (Å²) in [5, 5.41) is 3.23. The van der Waals surface area contributed by atoms with Crippen LogP contribution in [0.5, 0.6) is 0 Å². The van der Waals surface area contributed by atoms with Crippen LogP contribution >= 0.6 is 15.9 Å². The van der Waals surface area contributed by atoms with Crippen molar-refractivity contribution in [3.63, 3.8) is 0 Å². The lowest BCUT2D eigenvalue weighted by molar-refractivity contribution is 0.601. The van der Waals surface area contributed by atoms with Gasteiger partial charge in [0.1, 0.15) is 10.7 Å². The van der Waals surface area contributed by atoms with E-state index in [0.717, 1.165) is 17.3 Å². The van der Waals surface area contributed by atoms with Crippen LogP contribution in [0.1, 0.15) is 18.4 Å². The van der Waals surface area contributed by atoms with Crippen LogP contribution < -0.4 is 5.32 Å². The third-order valence-corrected chi connectivity index (χ3v) is 5.68. The quantitative estimate of drug-likeness (QED) is 0.863. The number of halogens is 1. The Balaban J connectivity index is 1.82. The van der Waals surface area contributed by atoms with Gasteiger partial charge in [0, 0.05) is 28.9 Å². The molecule has 1 fully saturated rings. The van der Waals surface area contributed by atoms with E-state index < -0.39 is 9.84 Å². The monoisotopic (exact) mass is 380 g/mol. The predicted octanol–water partition coefficient (Wildman–Crippen LogP) is 3.39. The summed E-state index contributed by atoms with van der Waals surface area (Å²) in [6, 6.07) is 11.5. The molecule has 0 unspecified atom stereocenters. The zero-order valence-electron chi connectivity index (χ0n) is 12.2. The van der Waals surface area contributed by atoms with Crippen LogP contribution in [0.3, 0.4) is 0 Å². The largest absolute Gasteiger partial charge is 0.368 e. The molecule has 0 bridgehead atoms. The van der Waals surface area contributed by atoms with Crippen LogP contribution in [0.25, 0.3) is 0 Å². The maximum Gasteiger partial charge on any atom is 0.179 e. The van der Waals surface area contributed by atoms with Gasteiger partial charge >= 0.3 is 0 Å². The average Bonchev–Trinajstić information content (AvgIpc) is 3.26. The molecule has 1 saturated carbocycles. The minimum atomic E-state index is -3.28. The van der Waals surface area contributed by atoms with Gasteiger partial charge in [0.25, 0.3) is 0 Å². The number of benzene rings is 1. The van der Waals surface area contributed by atoms with Gasteiger partial charge in [-0.1, -0.05) is 28.1 Å². The highest BCUT2D eigenvalue weighted by Crippen LogP contribution is 2.48. The maximum atomic E-state index is 11.8. The van der Waals surface area contributed by atoms with Crippen LogP contribution in [-0.2, 0) is 15.3 Å². The fourth-order valence-corrected chi connectivity index (χ4v) is 3.81. The predicted molar refractivity (Wildman–Crippen MR) is 90.9 cm³/mol. The Hall–Kier alpha value is -1.40. The van der Waals surface area contributed by atoms with Gasteiger partial charge < -0.3 is 5.32 Å². The summed E-state index contributed by atoms with van der Waals surface area (Å²) in [7, 11) is -3.28. The number of hydrogen-bond acceptors (Lipinski definition) is 4. The first kappa shape index (κ1) is 15.5. The zero-order chi connectivity index (χ0) is 15.8. The van der Waals surface area contributed by atoms with Crippen LogP contribution in [-0.4, -0.2) is 26.2 Å². The fourth-order valence-electron chi connectivity index (χ4n) is 2.61. The number of hydrogen-bond donors (Lipinski definition) is 1. The van der Waals surface area contributed by atoms with E-state index >= 15 is 0 Å². The van der Waals surface area contributed by atoms with Crippen molar-refractivity contribution in [1.29, 1.82) is 0 Å². The van der Waals surface area contributed by atoms with E-state index in [-0.39, 0.29) is 10.3 Å². The summed E-state index contributed by atoms with van der Waals surface area (Å²) in [4.78, 5) is 4.44. The van der Waals surface area contributed by atoms with E-state index in [2.05, 4.69) is 38.4 Å². The molecular weight excluding hydrogens is 364 g/mol. The van der Waals surface area contributed by atoms with Gasteiger partial charge in [0.15, 0.2) is 9.84 Å². The molecule has 1 aliphatic carbocycles. The van der Waals surface area contributed by atoms with Crippen molar-refractivity contribution in [2.24, 2.45) is 0 Å². The molecule has 116 valence electrons. The molecule has 3 rings (SSSR count). The summed E-state index contributed by atoms with van der Waals surface area (Å²) in [5.41, 5.74) is 1.35. The second-order valence-corrected chi connectivity index (χ2v) is 8.67. The van der Waals surface area contributed by atoms with Gasteiger partial charge in [-0.2, -0.15) is 0 Å². The number of anilines is 1. The van der Waals surface area contributed by atoms with Gasteiger partial charge in [0.05, 0.1) is 0 Å². The van der Waals surface area contributed by atoms with E-state index in [1.807, 2.05) is 12.1 Å². The van der Waals surface area contributed by atoms with Gasteiger partial charge in [-0.05, 0) is 42.7 Å². The Morgan fingerprint density at radius 3 is 2.68 bits per heavy atom. The Morgan fingerprint density at radius 2 is 2.05 bits per heavy atom. The minimum Gasteiger partial charge on any atom is -0.368 e. The Bertz CT molecular complexity index is 801. The van der Waals surface area contributed by atoms with E-state index in [4.69, 9.17) is 0 Å². The van der Waals surface area contributed by atoms with Crippen molar-refractivity contribution in [1.82, 2.24) is 4.98 Å². The molecule has 6 heteroatoms. The fraction of sp³-hybridized carbons (Fsp3) is 0.312. The van der Waals surface area contributed by atoms with Crippen molar-refractivity contribution < 1.29 is 8.42 Å². The molecule has 0 atom stereocenters. The number of nitrogens with zero attached hydrogens (tertiary/aromatic N) is 1. The number of nitrogens with one attached hydrogen (secondary N) is 1. The third kappa shape index (κ3) is 3.17. The number of rotatable bonds is 5. The smallest absolute Gasteiger partial charge is 0.179 e. The first-order chi connectivity index (χ1) is 10.4. The van der Waals surface area contributed by atoms with Crippen molar-refractivity contribution in [3.8, 4) is 0 Å². The van der Waals surface area contributed by atoms with Crippen LogP contribution in [0.4, 0.5) is 5.82 Å². The highest BCUT2D eigenvalue weighted by atomic mass is 79.9. The van der Waals surface area contributed by atoms with E-state index in [1.165, 1.54) is 11.8 Å². The van der Waals surface area contributed by atoms with E-state index in [0.29, 0.717) is 12.4 Å². The van der Waals surface area contributed by atoms with E-state index in [9.17, 15) is 8.42 Å². The standard InChI is InChI=1S/C16H17BrN2O2S/c1-22(20,21)14-6-3-9-18-15(14)19-11-16(7-8-16)12-4-2-5-13(17)10-12/h2-6,9-10H,7-8,11H2,1H3,(H,18,19). The SMILES string of the molecule is CS(=O)(=O)c1cccnc1NCC1(c2cccc(Br)c2)CC1. The highest BCUT2D eigenvalue weighted by Gasteiger charge is 2.44. The second kappa shape index (κ2) is 5.66. The second-order valence-electron chi connectivity index (χ2n) is 5.77. The molecule has 1 N–H and O–H groups in total. The van der Waals surface area contributed by atoms with Gasteiger partial charge in [-0.25, -0.2) is 13.4 Å². The van der Waals surface area contributed by atoms with Crippen LogP contribution in [0.2, 0.25) is 0 Å². The van der Waals surface area contributed by atoms with Crippen LogP contribution in [0, 0.1) is 0 Å². The maximum absolute atomic E-state index is 11.8. The third-order valence-electron chi connectivity index (χ3n) is 4.05. The van der Waals surface area contributed by atoms with E-state index in [1.54, 1.807) is 18.3 Å². The Kier molecular flexibility index (Phi) is 3.99. The number of pyridine rings is 1. The summed E-state index contributed by atoms with van der Waals surface area (Å²) >= 11 is 3.50. The normalized spacial score (nSPS) is 16.3. The van der Waals surface area contributed by atoms with Crippen molar-refractivity contribution >= 4 is 31.6 Å². The molecular formula is C16H17BrN2O2S. The first-order valence-corrected chi connectivity index (χ1v) is 9.74. The topological polar surface area (TPSA) is 59.1 Å². The summed E-state index contributed by atoms with van der Waals surface area (Å²) in [6.45, 7) is 0.684. The Morgan fingerprint density at radius 1 is 1.27 bits per heavy atom. The summed E-state index contributed by atoms with van der Waals surface area (Å²) < 4.78 is 24.7. The molecule has 0 saturated heterocycles. The lowest BCUT2D eigenvalue weighted by Gasteiger charge is -2.18. The Labute approximate surface area is 139 Å². The lowest BCUT2D eigenvalue weighted by atomic mass is 9.96. The number of aromatic nitrogens is 1. The minimum absolute atomic E-state index is 0.0794. The molecule has 2 aromatic rings. The van der Waals surface area contributed by atoms with Crippen molar-refractivity contribution in [3.05, 3.63) is 52.6 Å². The molecule has 0 amide bonds.